The van der Waals surface area contributed by atoms with Crippen LogP contribution in [0.1, 0.15) is 50.9 Å². The molecule has 0 N–H and O–H groups in total. The molecule has 2 heterocycles. The zero-order chi connectivity index (χ0) is 17.5. The molecule has 2 aliphatic heterocycles. The van der Waals surface area contributed by atoms with Crippen molar-refractivity contribution in [3.05, 3.63) is 35.6 Å². The van der Waals surface area contributed by atoms with Gasteiger partial charge in [0, 0.05) is 17.4 Å². The van der Waals surface area contributed by atoms with Gasteiger partial charge in [-0.2, -0.15) is 0 Å². The number of unbranched alkanes of at least 4 members (excludes halogenated alkanes) is 1. The number of ether oxygens (including phenoxy) is 4. The molecule has 4 nitrogen and oxygen atoms in total. The minimum Gasteiger partial charge on any atom is -0.352 e. The van der Waals surface area contributed by atoms with Crippen LogP contribution >= 0.6 is 0 Å². The van der Waals surface area contributed by atoms with Crippen LogP contribution in [-0.2, 0) is 18.9 Å². The highest BCUT2D eigenvalue weighted by Crippen LogP contribution is 2.28. The summed E-state index contributed by atoms with van der Waals surface area (Å²) in [7, 11) is 0. The molecule has 0 amide bonds. The molecule has 25 heavy (non-hydrogen) atoms. The second-order valence-corrected chi connectivity index (χ2v) is 7.10. The SMILES string of the molecule is CCCC[C@H]1CO[C@H](CC[C@H]2CO[C@H](c3ccc(F)cc3)OC2)OC1. The van der Waals surface area contributed by atoms with Gasteiger partial charge in [-0.15, -0.1) is 0 Å². The quantitative estimate of drug-likeness (QED) is 0.727. The van der Waals surface area contributed by atoms with E-state index in [0.29, 0.717) is 25.0 Å². The van der Waals surface area contributed by atoms with Gasteiger partial charge in [-0.3, -0.25) is 0 Å². The number of hydrogen-bond acceptors (Lipinski definition) is 4. The first kappa shape index (κ1) is 18.8. The van der Waals surface area contributed by atoms with Crippen LogP contribution in [0.3, 0.4) is 0 Å². The van der Waals surface area contributed by atoms with Crippen molar-refractivity contribution >= 4 is 0 Å². The average molecular weight is 352 g/mol. The molecule has 0 aromatic heterocycles. The Balaban J connectivity index is 1.32. The number of benzene rings is 1. The van der Waals surface area contributed by atoms with Gasteiger partial charge in [0.1, 0.15) is 5.82 Å². The average Bonchev–Trinajstić information content (AvgIpc) is 2.67. The smallest absolute Gasteiger partial charge is 0.183 e. The van der Waals surface area contributed by atoms with E-state index < -0.39 is 6.29 Å². The minimum atomic E-state index is -0.390. The molecule has 3 rings (SSSR count). The van der Waals surface area contributed by atoms with Crippen molar-refractivity contribution in [2.45, 2.75) is 51.6 Å². The summed E-state index contributed by atoms with van der Waals surface area (Å²) in [5.41, 5.74) is 0.858. The van der Waals surface area contributed by atoms with E-state index in [1.165, 1.54) is 31.4 Å². The highest BCUT2D eigenvalue weighted by Gasteiger charge is 2.26. The fraction of sp³-hybridized carbons (Fsp3) is 0.700. The van der Waals surface area contributed by atoms with Crippen LogP contribution in [0.15, 0.2) is 24.3 Å². The fourth-order valence-corrected chi connectivity index (χ4v) is 3.30. The molecule has 0 radical (unpaired) electrons. The van der Waals surface area contributed by atoms with Crippen molar-refractivity contribution in [2.75, 3.05) is 26.4 Å². The van der Waals surface area contributed by atoms with Gasteiger partial charge in [-0.05, 0) is 31.4 Å². The predicted octanol–water partition coefficient (Wildman–Crippen LogP) is 4.45. The van der Waals surface area contributed by atoms with E-state index in [9.17, 15) is 4.39 Å². The second kappa shape index (κ2) is 9.62. The van der Waals surface area contributed by atoms with Gasteiger partial charge in [0.15, 0.2) is 12.6 Å². The molecule has 1 aromatic rings. The van der Waals surface area contributed by atoms with Crippen molar-refractivity contribution in [1.82, 2.24) is 0 Å². The van der Waals surface area contributed by atoms with Crippen LogP contribution in [0.2, 0.25) is 0 Å². The minimum absolute atomic E-state index is 0.0901. The predicted molar refractivity (Wildman–Crippen MR) is 92.5 cm³/mol. The van der Waals surface area contributed by atoms with Crippen molar-refractivity contribution in [3.8, 4) is 0 Å². The summed E-state index contributed by atoms with van der Waals surface area (Å²) in [6, 6.07) is 6.28. The number of hydrogen-bond donors (Lipinski definition) is 0. The molecular weight excluding hydrogens is 323 g/mol. The molecule has 2 fully saturated rings. The Kier molecular flexibility index (Phi) is 7.23. The van der Waals surface area contributed by atoms with E-state index in [0.717, 1.165) is 31.6 Å². The van der Waals surface area contributed by atoms with Gasteiger partial charge >= 0.3 is 0 Å². The Morgan fingerprint density at radius 2 is 1.44 bits per heavy atom. The maximum absolute atomic E-state index is 13.0. The molecule has 0 bridgehead atoms. The maximum Gasteiger partial charge on any atom is 0.183 e. The normalized spacial score (nSPS) is 30.3. The lowest BCUT2D eigenvalue weighted by atomic mass is 10.0. The van der Waals surface area contributed by atoms with Crippen LogP contribution in [0, 0.1) is 17.7 Å². The van der Waals surface area contributed by atoms with E-state index in [1.807, 2.05) is 0 Å². The van der Waals surface area contributed by atoms with Crippen LogP contribution < -0.4 is 0 Å². The Hall–Kier alpha value is -1.01. The van der Waals surface area contributed by atoms with E-state index in [4.69, 9.17) is 18.9 Å². The molecular formula is C20H29FO4. The standard InChI is InChI=1S/C20H29FO4/c1-2-3-4-15-11-22-19(23-12-15)10-5-16-13-24-20(25-14-16)17-6-8-18(21)9-7-17/h6-9,15-16,19-20H,2-5,10-14H2,1H3/t15-,16-,19-,20-. The van der Waals surface area contributed by atoms with Crippen molar-refractivity contribution < 1.29 is 23.3 Å². The lowest BCUT2D eigenvalue weighted by Gasteiger charge is -2.32. The van der Waals surface area contributed by atoms with Crippen molar-refractivity contribution in [3.63, 3.8) is 0 Å². The third-order valence-electron chi connectivity index (χ3n) is 4.92. The number of rotatable bonds is 7. The summed E-state index contributed by atoms with van der Waals surface area (Å²) in [5.74, 6) is 0.651. The zero-order valence-corrected chi connectivity index (χ0v) is 15.0. The first-order valence-corrected chi connectivity index (χ1v) is 9.46. The highest BCUT2D eigenvalue weighted by molar-refractivity contribution is 5.17. The summed E-state index contributed by atoms with van der Waals surface area (Å²) in [6.07, 6.45) is 5.01. The highest BCUT2D eigenvalue weighted by atomic mass is 19.1. The summed E-state index contributed by atoms with van der Waals surface area (Å²) >= 11 is 0. The topological polar surface area (TPSA) is 36.9 Å². The van der Waals surface area contributed by atoms with E-state index >= 15 is 0 Å². The van der Waals surface area contributed by atoms with E-state index in [-0.39, 0.29) is 12.1 Å². The maximum atomic E-state index is 13.0. The zero-order valence-electron chi connectivity index (χ0n) is 15.0. The van der Waals surface area contributed by atoms with Crippen molar-refractivity contribution in [1.29, 1.82) is 0 Å². The Bertz CT molecular complexity index is 491. The summed E-state index contributed by atoms with van der Waals surface area (Å²) in [4.78, 5) is 0. The second-order valence-electron chi connectivity index (χ2n) is 7.10. The summed E-state index contributed by atoms with van der Waals surface area (Å²) < 4.78 is 36.2. The van der Waals surface area contributed by atoms with Crippen LogP contribution in [0.4, 0.5) is 4.39 Å². The molecule has 1 aromatic carbocycles. The molecule has 140 valence electrons. The summed E-state index contributed by atoms with van der Waals surface area (Å²) in [5, 5.41) is 0. The van der Waals surface area contributed by atoms with Crippen LogP contribution in [0.5, 0.6) is 0 Å². The molecule has 0 aliphatic carbocycles. The Labute approximate surface area is 149 Å². The monoisotopic (exact) mass is 352 g/mol. The largest absolute Gasteiger partial charge is 0.352 e. The Morgan fingerprint density at radius 3 is 2.08 bits per heavy atom. The molecule has 2 aliphatic rings. The third kappa shape index (κ3) is 5.74. The van der Waals surface area contributed by atoms with Gasteiger partial charge in [0.05, 0.1) is 26.4 Å². The third-order valence-corrected chi connectivity index (χ3v) is 4.92. The molecule has 0 spiro atoms. The van der Waals surface area contributed by atoms with Gasteiger partial charge in [0.2, 0.25) is 0 Å². The first-order valence-electron chi connectivity index (χ1n) is 9.46. The number of halogens is 1. The molecule has 5 heteroatoms. The van der Waals surface area contributed by atoms with Gasteiger partial charge in [0.25, 0.3) is 0 Å². The van der Waals surface area contributed by atoms with Gasteiger partial charge in [-0.1, -0.05) is 31.9 Å². The molecule has 2 saturated heterocycles. The van der Waals surface area contributed by atoms with Crippen LogP contribution in [0.25, 0.3) is 0 Å². The molecule has 0 unspecified atom stereocenters. The molecule has 0 atom stereocenters. The van der Waals surface area contributed by atoms with Gasteiger partial charge < -0.3 is 18.9 Å². The first-order chi connectivity index (χ1) is 12.2. The van der Waals surface area contributed by atoms with E-state index in [2.05, 4.69) is 6.92 Å². The lowest BCUT2D eigenvalue weighted by molar-refractivity contribution is -0.220. The molecule has 0 saturated carbocycles. The summed E-state index contributed by atoms with van der Waals surface area (Å²) in [6.45, 7) is 5.13. The fourth-order valence-electron chi connectivity index (χ4n) is 3.30. The van der Waals surface area contributed by atoms with E-state index in [1.54, 1.807) is 12.1 Å². The van der Waals surface area contributed by atoms with Crippen molar-refractivity contribution in [2.24, 2.45) is 11.8 Å². The lowest BCUT2D eigenvalue weighted by Crippen LogP contribution is -2.33. The van der Waals surface area contributed by atoms with Gasteiger partial charge in [-0.25, -0.2) is 4.39 Å². The van der Waals surface area contributed by atoms with Crippen LogP contribution in [-0.4, -0.2) is 32.7 Å². The Morgan fingerprint density at radius 1 is 0.840 bits per heavy atom.